The maximum absolute atomic E-state index is 12.0. The summed E-state index contributed by atoms with van der Waals surface area (Å²) in [5, 5.41) is 3.14. The molecule has 0 bridgehead atoms. The highest BCUT2D eigenvalue weighted by Gasteiger charge is 2.31. The van der Waals surface area contributed by atoms with E-state index in [2.05, 4.69) is 10.0 Å². The molecule has 0 unspecified atom stereocenters. The Balaban J connectivity index is 1.87. The van der Waals surface area contributed by atoms with Crippen molar-refractivity contribution in [2.24, 2.45) is 5.92 Å². The Morgan fingerprint density at radius 1 is 1.29 bits per heavy atom. The summed E-state index contributed by atoms with van der Waals surface area (Å²) < 4.78 is 32.0. The van der Waals surface area contributed by atoms with E-state index in [9.17, 15) is 8.42 Å². The van der Waals surface area contributed by atoms with Crippen LogP contribution < -0.4 is 10.0 Å². The van der Waals surface area contributed by atoms with Gasteiger partial charge in [0.1, 0.15) is 0 Å². The first-order chi connectivity index (χ1) is 8.11. The van der Waals surface area contributed by atoms with Gasteiger partial charge in [-0.25, -0.2) is 13.1 Å². The molecule has 0 radical (unpaired) electrons. The Morgan fingerprint density at radius 2 is 2.00 bits per heavy atom. The van der Waals surface area contributed by atoms with E-state index in [-0.39, 0.29) is 17.9 Å². The molecule has 2 N–H and O–H groups in total. The van der Waals surface area contributed by atoms with Gasteiger partial charge in [0, 0.05) is 20.2 Å². The van der Waals surface area contributed by atoms with Gasteiger partial charge in [0.15, 0.2) is 0 Å². The molecule has 1 aliphatic carbocycles. The summed E-state index contributed by atoms with van der Waals surface area (Å²) >= 11 is 0. The summed E-state index contributed by atoms with van der Waals surface area (Å²) in [6.45, 7) is 1.37. The van der Waals surface area contributed by atoms with E-state index in [1.165, 1.54) is 12.8 Å². The van der Waals surface area contributed by atoms with Crippen LogP contribution in [0.5, 0.6) is 0 Å². The van der Waals surface area contributed by atoms with Crippen LogP contribution in [0.15, 0.2) is 0 Å². The third-order valence-corrected chi connectivity index (χ3v) is 5.29. The van der Waals surface area contributed by atoms with Crippen LogP contribution in [-0.4, -0.2) is 46.5 Å². The quantitative estimate of drug-likeness (QED) is 0.736. The molecular formula is C11H22N2O3S. The molecule has 1 aliphatic heterocycles. The monoisotopic (exact) mass is 262 g/mol. The molecule has 0 aromatic rings. The first kappa shape index (κ1) is 13.3. The van der Waals surface area contributed by atoms with Gasteiger partial charge in [-0.15, -0.1) is 0 Å². The molecule has 0 aromatic heterocycles. The van der Waals surface area contributed by atoms with Crippen molar-refractivity contribution in [1.82, 2.24) is 10.0 Å². The molecule has 0 amide bonds. The second kappa shape index (κ2) is 5.65. The van der Waals surface area contributed by atoms with E-state index in [0.717, 1.165) is 12.8 Å². The van der Waals surface area contributed by atoms with Gasteiger partial charge in [-0.05, 0) is 18.8 Å². The Morgan fingerprint density at radius 3 is 2.65 bits per heavy atom. The van der Waals surface area contributed by atoms with Gasteiger partial charge in [-0.2, -0.15) is 0 Å². The van der Waals surface area contributed by atoms with E-state index in [4.69, 9.17) is 4.74 Å². The van der Waals surface area contributed by atoms with Crippen LogP contribution in [0.4, 0.5) is 0 Å². The van der Waals surface area contributed by atoms with Gasteiger partial charge in [0.05, 0.1) is 17.9 Å². The standard InChI is InChI=1S/C11H22N2O3S/c1-16-11-7-12-6-10(11)13-17(14,15)8-9-4-2-3-5-9/h9-13H,2-8H2,1H3/t10-,11-/m0/s1. The zero-order chi connectivity index (χ0) is 12.3. The van der Waals surface area contributed by atoms with Crippen molar-refractivity contribution in [3.05, 3.63) is 0 Å². The zero-order valence-electron chi connectivity index (χ0n) is 10.3. The van der Waals surface area contributed by atoms with Crippen molar-refractivity contribution in [1.29, 1.82) is 0 Å². The number of hydrogen-bond donors (Lipinski definition) is 2. The maximum Gasteiger partial charge on any atom is 0.212 e. The van der Waals surface area contributed by atoms with Crippen LogP contribution in [0, 0.1) is 5.92 Å². The van der Waals surface area contributed by atoms with Gasteiger partial charge in [-0.3, -0.25) is 0 Å². The minimum Gasteiger partial charge on any atom is -0.378 e. The molecule has 1 saturated heterocycles. The molecule has 2 rings (SSSR count). The fraction of sp³-hybridized carbons (Fsp3) is 1.00. The predicted octanol–water partition coefficient (Wildman–Crippen LogP) is 0.0828. The number of sulfonamides is 1. The summed E-state index contributed by atoms with van der Waals surface area (Å²) in [6.07, 6.45) is 4.40. The number of rotatable bonds is 5. The van der Waals surface area contributed by atoms with Crippen molar-refractivity contribution < 1.29 is 13.2 Å². The van der Waals surface area contributed by atoms with Crippen molar-refractivity contribution in [2.75, 3.05) is 26.0 Å². The molecular weight excluding hydrogens is 240 g/mol. The van der Waals surface area contributed by atoms with Gasteiger partial charge >= 0.3 is 0 Å². The number of hydrogen-bond acceptors (Lipinski definition) is 4. The van der Waals surface area contributed by atoms with Crippen LogP contribution >= 0.6 is 0 Å². The van der Waals surface area contributed by atoms with Gasteiger partial charge in [-0.1, -0.05) is 12.8 Å². The summed E-state index contributed by atoms with van der Waals surface area (Å²) in [7, 11) is -1.54. The molecule has 2 fully saturated rings. The molecule has 100 valence electrons. The second-order valence-electron chi connectivity index (χ2n) is 5.09. The second-order valence-corrected chi connectivity index (χ2v) is 6.89. The summed E-state index contributed by atoms with van der Waals surface area (Å²) in [4.78, 5) is 0. The van der Waals surface area contributed by atoms with Crippen LogP contribution in [0.2, 0.25) is 0 Å². The minimum absolute atomic E-state index is 0.0478. The molecule has 1 heterocycles. The van der Waals surface area contributed by atoms with Crippen LogP contribution in [0.25, 0.3) is 0 Å². The molecule has 17 heavy (non-hydrogen) atoms. The average molecular weight is 262 g/mol. The maximum atomic E-state index is 12.0. The van der Waals surface area contributed by atoms with Crippen LogP contribution in [0.1, 0.15) is 25.7 Å². The SMILES string of the molecule is CO[C@H]1CNC[C@@H]1NS(=O)(=O)CC1CCCC1. The van der Waals surface area contributed by atoms with Crippen LogP contribution in [-0.2, 0) is 14.8 Å². The van der Waals surface area contributed by atoms with Crippen molar-refractivity contribution in [3.63, 3.8) is 0 Å². The third kappa shape index (κ3) is 3.64. The number of nitrogens with one attached hydrogen (secondary N) is 2. The predicted molar refractivity (Wildman–Crippen MR) is 66.3 cm³/mol. The third-order valence-electron chi connectivity index (χ3n) is 3.72. The van der Waals surface area contributed by atoms with E-state index in [1.807, 2.05) is 0 Å². The smallest absolute Gasteiger partial charge is 0.212 e. The molecule has 1 saturated carbocycles. The van der Waals surface area contributed by atoms with Crippen molar-refractivity contribution in [3.8, 4) is 0 Å². The highest BCUT2D eigenvalue weighted by Crippen LogP contribution is 2.25. The lowest BCUT2D eigenvalue weighted by Crippen LogP contribution is -2.45. The number of ether oxygens (including phenoxy) is 1. The van der Waals surface area contributed by atoms with E-state index >= 15 is 0 Å². The molecule has 0 spiro atoms. The largest absolute Gasteiger partial charge is 0.378 e. The average Bonchev–Trinajstić information content (AvgIpc) is 2.87. The highest BCUT2D eigenvalue weighted by atomic mass is 32.2. The van der Waals surface area contributed by atoms with E-state index < -0.39 is 10.0 Å². The Kier molecular flexibility index (Phi) is 4.41. The minimum atomic E-state index is -3.16. The lowest BCUT2D eigenvalue weighted by molar-refractivity contribution is 0.103. The van der Waals surface area contributed by atoms with Gasteiger partial charge in [0.2, 0.25) is 10.0 Å². The summed E-state index contributed by atoms with van der Waals surface area (Å²) in [5.41, 5.74) is 0. The first-order valence-electron chi connectivity index (χ1n) is 6.34. The normalized spacial score (nSPS) is 31.1. The van der Waals surface area contributed by atoms with Crippen molar-refractivity contribution >= 4 is 10.0 Å². The van der Waals surface area contributed by atoms with Crippen LogP contribution in [0.3, 0.4) is 0 Å². The lowest BCUT2D eigenvalue weighted by atomic mass is 10.1. The zero-order valence-corrected chi connectivity index (χ0v) is 11.1. The Hall–Kier alpha value is -0.170. The summed E-state index contributed by atoms with van der Waals surface area (Å²) in [6, 6.07) is -0.119. The molecule has 5 nitrogen and oxygen atoms in total. The summed E-state index contributed by atoms with van der Waals surface area (Å²) in [5.74, 6) is 0.628. The Bertz CT molecular complexity index is 339. The van der Waals surface area contributed by atoms with Gasteiger partial charge < -0.3 is 10.1 Å². The van der Waals surface area contributed by atoms with Gasteiger partial charge in [0.25, 0.3) is 0 Å². The molecule has 0 aromatic carbocycles. The first-order valence-corrected chi connectivity index (χ1v) is 7.99. The van der Waals surface area contributed by atoms with Crippen molar-refractivity contribution in [2.45, 2.75) is 37.8 Å². The number of methoxy groups -OCH3 is 1. The molecule has 2 atom stereocenters. The van der Waals surface area contributed by atoms with E-state index in [1.54, 1.807) is 7.11 Å². The fourth-order valence-corrected chi connectivity index (χ4v) is 4.53. The lowest BCUT2D eigenvalue weighted by Gasteiger charge is -2.19. The molecule has 2 aliphatic rings. The fourth-order valence-electron chi connectivity index (χ4n) is 2.79. The Labute approximate surface area is 103 Å². The highest BCUT2D eigenvalue weighted by molar-refractivity contribution is 7.89. The molecule has 6 heteroatoms. The van der Waals surface area contributed by atoms with E-state index in [0.29, 0.717) is 19.0 Å². The topological polar surface area (TPSA) is 67.4 Å².